The van der Waals surface area contributed by atoms with Gasteiger partial charge in [-0.3, -0.25) is 9.59 Å². The van der Waals surface area contributed by atoms with E-state index in [-0.39, 0.29) is 11.6 Å². The molecular weight excluding hydrogens is 258 g/mol. The zero-order valence-corrected chi connectivity index (χ0v) is 10.4. The summed E-state index contributed by atoms with van der Waals surface area (Å²) in [6.45, 7) is 0. The van der Waals surface area contributed by atoms with E-state index < -0.39 is 11.9 Å². The van der Waals surface area contributed by atoms with Crippen molar-refractivity contribution >= 4 is 17.6 Å². The largest absolute Gasteiger partial charge is 0.480 e. The fraction of sp³-hybridized carbons (Fsp3) is 0.0714. The minimum atomic E-state index is -1.16. The van der Waals surface area contributed by atoms with Crippen molar-refractivity contribution in [3.05, 3.63) is 65.4 Å². The van der Waals surface area contributed by atoms with Gasteiger partial charge in [0.05, 0.1) is 0 Å². The Labute approximate surface area is 114 Å². The van der Waals surface area contributed by atoms with Crippen LogP contribution in [0.2, 0.25) is 0 Å². The van der Waals surface area contributed by atoms with Crippen molar-refractivity contribution in [1.29, 1.82) is 0 Å². The van der Waals surface area contributed by atoms with Crippen LogP contribution < -0.4 is 5.32 Å². The Hall–Kier alpha value is -2.98. The molecule has 0 aliphatic heterocycles. The maximum atomic E-state index is 11.9. The van der Waals surface area contributed by atoms with Crippen LogP contribution in [-0.2, 0) is 4.79 Å². The molecule has 0 saturated heterocycles. The van der Waals surface area contributed by atoms with Crippen molar-refractivity contribution in [3.63, 3.8) is 0 Å². The van der Waals surface area contributed by atoms with Crippen molar-refractivity contribution in [1.82, 2.24) is 5.32 Å². The first-order chi connectivity index (χ1) is 9.61. The van der Waals surface area contributed by atoms with Crippen LogP contribution in [0.1, 0.15) is 10.4 Å². The summed E-state index contributed by atoms with van der Waals surface area (Å²) < 4.78 is 0. The third kappa shape index (κ3) is 2.88. The number of hydrogen-bond acceptors (Lipinski definition) is 2. The van der Waals surface area contributed by atoms with E-state index in [1.54, 1.807) is 30.3 Å². The molecule has 0 saturated carbocycles. The molecule has 0 aromatic heterocycles. The number of benzene rings is 1. The highest BCUT2D eigenvalue weighted by Gasteiger charge is 2.30. The number of nitrogens with zero attached hydrogens (tertiary/aromatic N) is 2. The highest BCUT2D eigenvalue weighted by Crippen LogP contribution is 2.13. The fourth-order valence-electron chi connectivity index (χ4n) is 1.77. The first-order valence-electron chi connectivity index (χ1n) is 5.83. The third-order valence-electron chi connectivity index (χ3n) is 2.77. The van der Waals surface area contributed by atoms with Gasteiger partial charge in [-0.05, 0) is 24.3 Å². The van der Waals surface area contributed by atoms with Gasteiger partial charge in [0, 0.05) is 17.3 Å². The molecule has 0 radical (unpaired) electrons. The first-order valence-corrected chi connectivity index (χ1v) is 5.83. The van der Waals surface area contributed by atoms with Gasteiger partial charge in [-0.2, -0.15) is 4.79 Å². The van der Waals surface area contributed by atoms with Gasteiger partial charge >= 0.3 is 11.7 Å². The van der Waals surface area contributed by atoms with Gasteiger partial charge in [0.15, 0.2) is 5.92 Å². The summed E-state index contributed by atoms with van der Waals surface area (Å²) in [4.78, 5) is 25.9. The zero-order chi connectivity index (χ0) is 14.5. The summed E-state index contributed by atoms with van der Waals surface area (Å²) >= 11 is 0. The minimum Gasteiger partial charge on any atom is -0.480 e. The van der Waals surface area contributed by atoms with Gasteiger partial charge in [0.25, 0.3) is 5.91 Å². The van der Waals surface area contributed by atoms with Crippen LogP contribution in [-0.4, -0.2) is 27.5 Å². The lowest BCUT2D eigenvalue weighted by atomic mass is 9.97. The Morgan fingerprint density at radius 3 is 2.50 bits per heavy atom. The number of carbonyl (C=O) groups excluding carboxylic acids is 1. The number of carboxylic acids is 1. The quantitative estimate of drug-likeness (QED) is 0.637. The zero-order valence-electron chi connectivity index (χ0n) is 10.4. The summed E-state index contributed by atoms with van der Waals surface area (Å²) in [5, 5.41) is 11.6. The summed E-state index contributed by atoms with van der Waals surface area (Å²) in [6, 6.07) is 8.56. The van der Waals surface area contributed by atoms with Gasteiger partial charge in [0.1, 0.15) is 0 Å². The van der Waals surface area contributed by atoms with Crippen LogP contribution >= 0.6 is 0 Å². The first kappa shape index (κ1) is 13.5. The second kappa shape index (κ2) is 5.77. The second-order valence-corrected chi connectivity index (χ2v) is 4.12. The topological polar surface area (TPSA) is 103 Å². The Balaban J connectivity index is 2.18. The minimum absolute atomic E-state index is 0.00945. The Morgan fingerprint density at radius 2 is 1.90 bits per heavy atom. The van der Waals surface area contributed by atoms with Gasteiger partial charge in [-0.15, -0.1) is 0 Å². The predicted octanol–water partition coefficient (Wildman–Crippen LogP) is 1.24. The van der Waals surface area contributed by atoms with Crippen LogP contribution in [0.4, 0.5) is 0 Å². The Morgan fingerprint density at radius 1 is 1.20 bits per heavy atom. The number of allylic oxidation sites excluding steroid dienone is 2. The molecule has 20 heavy (non-hydrogen) atoms. The van der Waals surface area contributed by atoms with Crippen molar-refractivity contribution in [2.45, 2.75) is 0 Å². The third-order valence-corrected chi connectivity index (χ3v) is 2.77. The van der Waals surface area contributed by atoms with Gasteiger partial charge in [-0.1, -0.05) is 18.2 Å². The Kier molecular flexibility index (Phi) is 3.88. The van der Waals surface area contributed by atoms with E-state index in [9.17, 15) is 9.59 Å². The van der Waals surface area contributed by atoms with Gasteiger partial charge in [-0.25, -0.2) is 0 Å². The lowest BCUT2D eigenvalue weighted by Crippen LogP contribution is -2.29. The number of amides is 1. The molecule has 1 aliphatic rings. The molecular formula is C14H11N3O3. The van der Waals surface area contributed by atoms with Gasteiger partial charge < -0.3 is 16.0 Å². The molecule has 0 heterocycles. The molecule has 6 heteroatoms. The standard InChI is InChI=1S/C14H11N3O3/c15-17-12-7-6-10(8-11(12)14(19)20)16-13(18)9-4-2-1-3-5-9/h1-8,11H,(H,16,18)(H,19,20). The van der Waals surface area contributed by atoms with E-state index in [1.165, 1.54) is 18.2 Å². The van der Waals surface area contributed by atoms with E-state index in [2.05, 4.69) is 10.1 Å². The van der Waals surface area contributed by atoms with E-state index in [1.807, 2.05) is 0 Å². The van der Waals surface area contributed by atoms with E-state index in [0.29, 0.717) is 11.3 Å². The van der Waals surface area contributed by atoms with Crippen molar-refractivity contribution in [2.75, 3.05) is 0 Å². The highest BCUT2D eigenvalue weighted by atomic mass is 16.4. The molecule has 0 fully saturated rings. The van der Waals surface area contributed by atoms with E-state index in [0.717, 1.165) is 0 Å². The molecule has 2 rings (SSSR count). The number of carbonyl (C=O) groups is 2. The maximum absolute atomic E-state index is 11.9. The normalized spacial score (nSPS) is 17.1. The Bertz CT molecular complexity index is 656. The molecule has 1 amide bonds. The fourth-order valence-corrected chi connectivity index (χ4v) is 1.77. The van der Waals surface area contributed by atoms with Crippen LogP contribution in [0.25, 0.3) is 5.53 Å². The smallest absolute Gasteiger partial charge is 0.322 e. The molecule has 6 nitrogen and oxygen atoms in total. The number of rotatable bonds is 3. The molecule has 1 atom stereocenters. The second-order valence-electron chi connectivity index (χ2n) is 4.12. The van der Waals surface area contributed by atoms with Crippen LogP contribution in [0, 0.1) is 5.92 Å². The molecule has 0 bridgehead atoms. The summed E-state index contributed by atoms with van der Waals surface area (Å²) in [5.41, 5.74) is 9.54. The van der Waals surface area contributed by atoms with Crippen molar-refractivity contribution in [2.24, 2.45) is 5.92 Å². The number of carboxylic acid groups (broad SMARTS) is 1. The van der Waals surface area contributed by atoms with Crippen molar-refractivity contribution in [3.8, 4) is 0 Å². The highest BCUT2D eigenvalue weighted by molar-refractivity contribution is 6.08. The monoisotopic (exact) mass is 269 g/mol. The molecule has 1 aromatic carbocycles. The van der Waals surface area contributed by atoms with Crippen LogP contribution in [0.3, 0.4) is 0 Å². The lowest BCUT2D eigenvalue weighted by Gasteiger charge is -2.11. The maximum Gasteiger partial charge on any atom is 0.322 e. The predicted molar refractivity (Wildman–Crippen MR) is 70.9 cm³/mol. The van der Waals surface area contributed by atoms with E-state index >= 15 is 0 Å². The SMILES string of the molecule is [N-]=[N+]=C1C=CC(NC(=O)c2ccccc2)=CC1C(=O)O. The molecule has 2 N–H and O–H groups in total. The molecule has 1 aromatic rings. The average molecular weight is 269 g/mol. The number of nitrogens with one attached hydrogen (secondary N) is 1. The molecule has 0 spiro atoms. The van der Waals surface area contributed by atoms with Crippen LogP contribution in [0.15, 0.2) is 54.3 Å². The number of aliphatic carboxylic acids is 1. The van der Waals surface area contributed by atoms with Crippen LogP contribution in [0.5, 0.6) is 0 Å². The molecule has 1 unspecified atom stereocenters. The average Bonchev–Trinajstić information content (AvgIpc) is 2.48. The van der Waals surface area contributed by atoms with E-state index in [4.69, 9.17) is 10.6 Å². The molecule has 100 valence electrons. The number of hydrogen-bond donors (Lipinski definition) is 2. The molecule has 1 aliphatic carbocycles. The lowest BCUT2D eigenvalue weighted by molar-refractivity contribution is -0.139. The van der Waals surface area contributed by atoms with Crippen molar-refractivity contribution < 1.29 is 19.5 Å². The van der Waals surface area contributed by atoms with Gasteiger partial charge in [0.2, 0.25) is 0 Å². The summed E-state index contributed by atoms with van der Waals surface area (Å²) in [5.74, 6) is -2.58. The summed E-state index contributed by atoms with van der Waals surface area (Å²) in [7, 11) is 0. The summed E-state index contributed by atoms with van der Waals surface area (Å²) in [6.07, 6.45) is 4.15.